The Morgan fingerprint density at radius 1 is 1.24 bits per heavy atom. The van der Waals surface area contributed by atoms with Gasteiger partial charge in [-0.05, 0) is 30.9 Å². The summed E-state index contributed by atoms with van der Waals surface area (Å²) in [5.74, 6) is -4.88. The first-order chi connectivity index (χ1) is 15.7. The van der Waals surface area contributed by atoms with Crippen molar-refractivity contribution in [2.24, 2.45) is 9.69 Å². The number of hydrogen-bond acceptors (Lipinski definition) is 7. The van der Waals surface area contributed by atoms with Gasteiger partial charge in [-0.3, -0.25) is 4.79 Å². The number of nitrogens with zero attached hydrogens (tertiary/aromatic N) is 3. The lowest BCUT2D eigenvalue weighted by Crippen LogP contribution is -2.35. The number of carbonyl (C=O) groups excluding carboxylic acids is 1. The second-order valence-electron chi connectivity index (χ2n) is 8.05. The smallest absolute Gasteiger partial charge is 0.303 e. The molecule has 0 aliphatic heterocycles. The summed E-state index contributed by atoms with van der Waals surface area (Å²) in [6.07, 6.45) is 5.97. The molecule has 3 rings (SSSR count). The van der Waals surface area contributed by atoms with Crippen LogP contribution in [-0.2, 0) is 25.7 Å². The van der Waals surface area contributed by atoms with Gasteiger partial charge in [0, 0.05) is 24.8 Å². The third-order valence-electron chi connectivity index (χ3n) is 4.60. The molecule has 1 aromatic heterocycles. The van der Waals surface area contributed by atoms with Crippen LogP contribution in [0.3, 0.4) is 0 Å². The molecule has 0 saturated heterocycles. The summed E-state index contributed by atoms with van der Waals surface area (Å²) >= 11 is 0. The zero-order valence-electron chi connectivity index (χ0n) is 18.6. The van der Waals surface area contributed by atoms with Gasteiger partial charge in [0.25, 0.3) is 15.9 Å². The number of benzene rings is 1. The molecular formula is C21H24F2N4O5S2. The number of sulfonamides is 1. The lowest BCUT2D eigenvalue weighted by Gasteiger charge is -2.17. The third-order valence-corrected chi connectivity index (χ3v) is 7.53. The molecule has 184 valence electrons. The van der Waals surface area contributed by atoms with E-state index in [1.54, 1.807) is 30.3 Å². The molecule has 13 heteroatoms. The number of aromatic nitrogens is 2. The summed E-state index contributed by atoms with van der Waals surface area (Å²) in [6.45, 7) is 0.631. The van der Waals surface area contributed by atoms with Crippen molar-refractivity contribution in [3.63, 3.8) is 0 Å². The Bertz CT molecular complexity index is 1310. The predicted octanol–water partition coefficient (Wildman–Crippen LogP) is 3.46. The first kappa shape index (κ1) is 25.7. The minimum atomic E-state index is -3.84. The van der Waals surface area contributed by atoms with Gasteiger partial charge in [-0.15, -0.1) is 3.77 Å². The van der Waals surface area contributed by atoms with Gasteiger partial charge in [-0.2, -0.15) is 13.8 Å². The molecular weight excluding hydrogens is 490 g/mol. The van der Waals surface area contributed by atoms with Gasteiger partial charge in [0.15, 0.2) is 0 Å². The number of para-hydroxylation sites is 1. The summed E-state index contributed by atoms with van der Waals surface area (Å²) in [6, 6.07) is 7.63. The second-order valence-corrected chi connectivity index (χ2v) is 12.1. The van der Waals surface area contributed by atoms with E-state index in [1.165, 1.54) is 12.3 Å². The molecule has 34 heavy (non-hydrogen) atoms. The van der Waals surface area contributed by atoms with Crippen molar-refractivity contribution >= 4 is 25.7 Å². The number of halogens is 2. The molecule has 1 heterocycles. The second kappa shape index (κ2) is 9.74. The number of amides is 1. The molecule has 2 aromatic rings. The lowest BCUT2D eigenvalue weighted by molar-refractivity contribution is 0.00707. The Kier molecular flexibility index (Phi) is 7.36. The molecule has 0 radical (unpaired) electrons. The maximum Gasteiger partial charge on any atom is 0.303 e. The van der Waals surface area contributed by atoms with Crippen molar-refractivity contribution in [2.45, 2.75) is 31.7 Å². The largest absolute Gasteiger partial charge is 0.438 e. The van der Waals surface area contributed by atoms with E-state index in [1.807, 2.05) is 0 Å². The molecule has 0 bridgehead atoms. The Balaban J connectivity index is 1.90. The van der Waals surface area contributed by atoms with Crippen molar-refractivity contribution in [3.05, 3.63) is 59.4 Å². The summed E-state index contributed by atoms with van der Waals surface area (Å²) in [7, 11) is -7.02. The zero-order chi connectivity index (χ0) is 25.1. The first-order valence-electron chi connectivity index (χ1n) is 10.1. The van der Waals surface area contributed by atoms with Gasteiger partial charge < -0.3 is 10.1 Å². The Labute approximate surface area is 196 Å². The monoisotopic (exact) mass is 514 g/mol. The molecule has 1 aromatic carbocycles. The van der Waals surface area contributed by atoms with E-state index >= 15 is 0 Å². The Hall–Kier alpha value is -2.93. The number of hydrogen-bond donors (Lipinski definition) is 1. The average Bonchev–Trinajstić information content (AvgIpc) is 3.54. The predicted molar refractivity (Wildman–Crippen MR) is 123 cm³/mol. The Morgan fingerprint density at radius 2 is 1.88 bits per heavy atom. The van der Waals surface area contributed by atoms with E-state index in [2.05, 4.69) is 19.1 Å². The highest BCUT2D eigenvalue weighted by Gasteiger charge is 2.33. The van der Waals surface area contributed by atoms with Crippen molar-refractivity contribution < 1.29 is 30.9 Å². The van der Waals surface area contributed by atoms with Crippen LogP contribution in [0.15, 0.2) is 51.8 Å². The fourth-order valence-corrected chi connectivity index (χ4v) is 5.75. The van der Waals surface area contributed by atoms with Crippen molar-refractivity contribution in [1.82, 2.24) is 15.3 Å². The van der Waals surface area contributed by atoms with Crippen LogP contribution in [0, 0.1) is 5.92 Å². The van der Waals surface area contributed by atoms with Crippen molar-refractivity contribution in [3.8, 4) is 11.6 Å². The van der Waals surface area contributed by atoms with Crippen LogP contribution < -0.4 is 10.1 Å². The van der Waals surface area contributed by atoms with Crippen LogP contribution in [0.1, 0.15) is 35.9 Å². The maximum absolute atomic E-state index is 13.8. The number of carbonyl (C=O) groups is 1. The summed E-state index contributed by atoms with van der Waals surface area (Å²) < 4.78 is 71.6. The van der Waals surface area contributed by atoms with Crippen molar-refractivity contribution in [2.75, 3.05) is 12.5 Å². The minimum Gasteiger partial charge on any atom is -0.438 e. The van der Waals surface area contributed by atoms with E-state index < -0.39 is 43.4 Å². The highest BCUT2D eigenvalue weighted by Crippen LogP contribution is 2.34. The molecule has 0 spiro atoms. The number of alkyl halides is 2. The van der Waals surface area contributed by atoms with Crippen LogP contribution in [0.4, 0.5) is 8.78 Å². The topological polar surface area (TPSA) is 128 Å². The zero-order valence-corrected chi connectivity index (χ0v) is 20.3. The van der Waals surface area contributed by atoms with E-state index in [-0.39, 0.29) is 23.1 Å². The molecule has 1 amide bonds. The van der Waals surface area contributed by atoms with Gasteiger partial charge in [0.05, 0.1) is 22.0 Å². The van der Waals surface area contributed by atoms with E-state index in [4.69, 9.17) is 4.74 Å². The number of ether oxygens (including phenoxy) is 1. The Morgan fingerprint density at radius 3 is 2.44 bits per heavy atom. The SMILES string of the molecule is CC(F)(F)c1ncc(C(=O)NC(/C=C/S(C)(=O)=NS(C)(=O)=O)C2CC2)c(Oc2ccccc2)n1. The van der Waals surface area contributed by atoms with Gasteiger partial charge in [0.1, 0.15) is 11.3 Å². The highest BCUT2D eigenvalue weighted by molar-refractivity contribution is 8.04. The van der Waals surface area contributed by atoms with Gasteiger partial charge in [-0.1, -0.05) is 24.3 Å². The quantitative estimate of drug-likeness (QED) is 0.543. The molecule has 1 fully saturated rings. The lowest BCUT2D eigenvalue weighted by atomic mass is 10.1. The standard InChI is InChI=1S/C21H24F2N4O5S2/c1-21(22,23)20-24-13-16(19(26-20)32-15-7-5-4-6-8-15)18(28)25-17(14-9-10-14)11-12-33(2,29)27-34(3,30)31/h4-8,11-14,17H,9-10H2,1-3H3,(H,25,28)/b12-11+. The number of nitrogens with one attached hydrogen (secondary N) is 1. The van der Waals surface area contributed by atoms with Crippen LogP contribution in [0.5, 0.6) is 11.6 Å². The van der Waals surface area contributed by atoms with Gasteiger partial charge in [-0.25, -0.2) is 17.6 Å². The molecule has 2 atom stereocenters. The normalized spacial score (nSPS) is 17.1. The van der Waals surface area contributed by atoms with Crippen LogP contribution >= 0.6 is 0 Å². The van der Waals surface area contributed by atoms with E-state index in [0.29, 0.717) is 6.92 Å². The molecule has 1 saturated carbocycles. The van der Waals surface area contributed by atoms with Crippen LogP contribution in [0.25, 0.3) is 0 Å². The van der Waals surface area contributed by atoms with E-state index in [0.717, 1.165) is 30.7 Å². The van der Waals surface area contributed by atoms with Crippen molar-refractivity contribution in [1.29, 1.82) is 0 Å². The molecule has 1 aliphatic rings. The van der Waals surface area contributed by atoms with Gasteiger partial charge in [0.2, 0.25) is 11.7 Å². The van der Waals surface area contributed by atoms with Crippen LogP contribution in [0.2, 0.25) is 0 Å². The van der Waals surface area contributed by atoms with Crippen LogP contribution in [-0.4, -0.2) is 47.1 Å². The van der Waals surface area contributed by atoms with Gasteiger partial charge >= 0.3 is 5.92 Å². The fourth-order valence-electron chi connectivity index (χ4n) is 2.94. The number of rotatable bonds is 9. The maximum atomic E-state index is 13.8. The molecule has 1 N–H and O–H groups in total. The third kappa shape index (κ3) is 7.55. The average molecular weight is 515 g/mol. The summed E-state index contributed by atoms with van der Waals surface area (Å²) in [5, 5.41) is 3.87. The molecule has 1 aliphatic carbocycles. The first-order valence-corrected chi connectivity index (χ1v) is 14.0. The summed E-state index contributed by atoms with van der Waals surface area (Å²) in [4.78, 5) is 20.4. The fraction of sp³-hybridized carbons (Fsp3) is 0.381. The minimum absolute atomic E-state index is 0.0345. The summed E-state index contributed by atoms with van der Waals surface area (Å²) in [5.41, 5.74) is -0.172. The molecule has 9 nitrogen and oxygen atoms in total. The molecule has 2 unspecified atom stereocenters. The highest BCUT2D eigenvalue weighted by atomic mass is 32.3. The van der Waals surface area contributed by atoms with E-state index in [9.17, 15) is 26.2 Å².